The number of rotatable bonds is 5. The fourth-order valence-corrected chi connectivity index (χ4v) is 2.42. The van der Waals surface area contributed by atoms with E-state index in [-0.39, 0.29) is 11.6 Å². The Balaban J connectivity index is 2.20. The molecule has 0 aliphatic rings. The largest absolute Gasteiger partial charge is 0.494 e. The van der Waals surface area contributed by atoms with Crippen molar-refractivity contribution in [3.8, 4) is 5.75 Å². The smallest absolute Gasteiger partial charge is 0.168 e. The Morgan fingerprint density at radius 2 is 1.62 bits per heavy atom. The van der Waals surface area contributed by atoms with Crippen LogP contribution in [0.4, 0.5) is 8.78 Å². The maximum Gasteiger partial charge on any atom is 0.168 e. The van der Waals surface area contributed by atoms with Crippen LogP contribution in [0.5, 0.6) is 5.75 Å². The van der Waals surface area contributed by atoms with Gasteiger partial charge in [-0.2, -0.15) is 0 Å². The second-order valence-electron chi connectivity index (χ2n) is 5.53. The molecule has 21 heavy (non-hydrogen) atoms. The van der Waals surface area contributed by atoms with Gasteiger partial charge in [0.2, 0.25) is 0 Å². The van der Waals surface area contributed by atoms with Crippen LogP contribution in [0.15, 0.2) is 42.5 Å². The topological polar surface area (TPSA) is 35.2 Å². The average Bonchev–Trinajstić information content (AvgIpc) is 2.43. The molecule has 0 aliphatic carbocycles. The van der Waals surface area contributed by atoms with Gasteiger partial charge in [0.05, 0.1) is 7.11 Å². The van der Waals surface area contributed by atoms with Crippen LogP contribution in [0.25, 0.3) is 0 Å². The van der Waals surface area contributed by atoms with Crippen molar-refractivity contribution in [1.29, 1.82) is 0 Å². The second-order valence-corrected chi connectivity index (χ2v) is 5.53. The van der Waals surface area contributed by atoms with Crippen LogP contribution in [0.3, 0.4) is 0 Å². The highest BCUT2D eigenvalue weighted by Gasteiger charge is 2.23. The van der Waals surface area contributed by atoms with E-state index in [2.05, 4.69) is 0 Å². The molecular formula is C17H19F2NO. The first-order chi connectivity index (χ1) is 9.93. The zero-order chi connectivity index (χ0) is 15.5. The van der Waals surface area contributed by atoms with Gasteiger partial charge in [-0.3, -0.25) is 0 Å². The summed E-state index contributed by atoms with van der Waals surface area (Å²) in [4.78, 5) is 0. The van der Waals surface area contributed by atoms with Crippen LogP contribution in [0.2, 0.25) is 0 Å². The molecule has 2 rings (SSSR count). The monoisotopic (exact) mass is 291 g/mol. The summed E-state index contributed by atoms with van der Waals surface area (Å²) in [6.45, 7) is 1.79. The van der Waals surface area contributed by atoms with Crippen molar-refractivity contribution in [2.45, 2.75) is 25.3 Å². The Kier molecular flexibility index (Phi) is 4.58. The van der Waals surface area contributed by atoms with E-state index in [1.807, 2.05) is 0 Å². The maximum absolute atomic E-state index is 14.2. The molecule has 0 spiro atoms. The van der Waals surface area contributed by atoms with Gasteiger partial charge in [0.1, 0.15) is 5.82 Å². The van der Waals surface area contributed by atoms with E-state index in [1.54, 1.807) is 43.3 Å². The first kappa shape index (κ1) is 15.4. The van der Waals surface area contributed by atoms with Gasteiger partial charge in [-0.05, 0) is 43.0 Å². The zero-order valence-electron chi connectivity index (χ0n) is 12.2. The fourth-order valence-electron chi connectivity index (χ4n) is 2.42. The molecule has 0 fully saturated rings. The van der Waals surface area contributed by atoms with Crippen LogP contribution < -0.4 is 10.5 Å². The molecule has 0 heterocycles. The van der Waals surface area contributed by atoms with E-state index in [1.165, 1.54) is 13.2 Å². The first-order valence-corrected chi connectivity index (χ1v) is 6.76. The number of hydrogen-bond donors (Lipinski definition) is 1. The lowest BCUT2D eigenvalue weighted by Gasteiger charge is -2.25. The van der Waals surface area contributed by atoms with Crippen LogP contribution >= 0.6 is 0 Å². The summed E-state index contributed by atoms with van der Waals surface area (Å²) in [5.41, 5.74) is 6.48. The highest BCUT2D eigenvalue weighted by molar-refractivity contribution is 5.32. The minimum absolute atomic E-state index is 0.189. The van der Waals surface area contributed by atoms with Crippen molar-refractivity contribution in [3.63, 3.8) is 0 Å². The fraction of sp³-hybridized carbons (Fsp3) is 0.294. The lowest BCUT2D eigenvalue weighted by atomic mass is 9.87. The van der Waals surface area contributed by atoms with Gasteiger partial charge >= 0.3 is 0 Å². The van der Waals surface area contributed by atoms with E-state index >= 15 is 0 Å². The molecule has 1 atom stereocenters. The van der Waals surface area contributed by atoms with Crippen LogP contribution in [0.1, 0.15) is 18.1 Å². The van der Waals surface area contributed by atoms with E-state index in [4.69, 9.17) is 10.5 Å². The molecule has 1 unspecified atom stereocenters. The maximum atomic E-state index is 14.2. The van der Waals surface area contributed by atoms with E-state index < -0.39 is 11.4 Å². The molecule has 0 saturated carbocycles. The minimum atomic E-state index is -0.755. The average molecular weight is 291 g/mol. The lowest BCUT2D eigenvalue weighted by molar-refractivity contribution is 0.378. The van der Waals surface area contributed by atoms with Gasteiger partial charge in [-0.1, -0.05) is 30.3 Å². The summed E-state index contributed by atoms with van der Waals surface area (Å²) >= 11 is 0. The van der Waals surface area contributed by atoms with Crippen molar-refractivity contribution in [2.75, 3.05) is 7.11 Å². The molecular weight excluding hydrogens is 272 g/mol. The van der Waals surface area contributed by atoms with E-state index in [9.17, 15) is 8.78 Å². The highest BCUT2D eigenvalue weighted by Crippen LogP contribution is 2.25. The van der Waals surface area contributed by atoms with E-state index in [0.29, 0.717) is 24.0 Å². The predicted octanol–water partition coefficient (Wildman–Crippen LogP) is 3.48. The first-order valence-electron chi connectivity index (χ1n) is 6.76. The van der Waals surface area contributed by atoms with Gasteiger partial charge < -0.3 is 10.5 Å². The zero-order valence-corrected chi connectivity index (χ0v) is 12.2. The highest BCUT2D eigenvalue weighted by atomic mass is 19.1. The molecule has 0 aliphatic heterocycles. The van der Waals surface area contributed by atoms with Crippen LogP contribution in [-0.2, 0) is 12.8 Å². The SMILES string of the molecule is COc1cccc(CC(C)(N)Cc2ccccc2F)c1F. The molecule has 2 aromatic rings. The Bertz CT molecular complexity index is 626. The molecule has 2 N–H and O–H groups in total. The third-order valence-corrected chi connectivity index (χ3v) is 3.41. The van der Waals surface area contributed by atoms with Crippen molar-refractivity contribution < 1.29 is 13.5 Å². The lowest BCUT2D eigenvalue weighted by Crippen LogP contribution is -2.41. The third kappa shape index (κ3) is 3.79. The molecule has 4 heteroatoms. The normalized spacial score (nSPS) is 13.8. The Hall–Kier alpha value is -1.94. The summed E-state index contributed by atoms with van der Waals surface area (Å²) in [6.07, 6.45) is 0.626. The summed E-state index contributed by atoms with van der Waals surface area (Å²) in [7, 11) is 1.42. The minimum Gasteiger partial charge on any atom is -0.494 e. The molecule has 2 aromatic carbocycles. The van der Waals surface area contributed by atoms with Crippen molar-refractivity contribution in [1.82, 2.24) is 0 Å². The van der Waals surface area contributed by atoms with Gasteiger partial charge in [0.25, 0.3) is 0 Å². The second kappa shape index (κ2) is 6.22. The Morgan fingerprint density at radius 1 is 1.00 bits per heavy atom. The molecule has 0 bridgehead atoms. The standard InChI is InChI=1S/C17H19F2NO/c1-17(20,10-12-6-3-4-8-14(12)18)11-13-7-5-9-15(21-2)16(13)19/h3-9H,10-11,20H2,1-2H3. The summed E-state index contributed by atoms with van der Waals surface area (Å²) in [5, 5.41) is 0. The number of hydrogen-bond acceptors (Lipinski definition) is 2. The van der Waals surface area contributed by atoms with Gasteiger partial charge in [0, 0.05) is 5.54 Å². The number of halogens is 2. The Morgan fingerprint density at radius 3 is 2.29 bits per heavy atom. The predicted molar refractivity (Wildman–Crippen MR) is 79.4 cm³/mol. The summed E-state index contributed by atoms with van der Waals surface area (Å²) in [5.74, 6) is -0.514. The molecule has 2 nitrogen and oxygen atoms in total. The molecule has 0 aromatic heterocycles. The molecule has 0 saturated heterocycles. The molecule has 0 radical (unpaired) electrons. The van der Waals surface area contributed by atoms with Crippen molar-refractivity contribution in [3.05, 3.63) is 65.2 Å². The van der Waals surface area contributed by atoms with E-state index in [0.717, 1.165) is 0 Å². The number of nitrogens with two attached hydrogens (primary N) is 1. The van der Waals surface area contributed by atoms with Crippen LogP contribution in [0, 0.1) is 11.6 Å². The quantitative estimate of drug-likeness (QED) is 0.915. The van der Waals surface area contributed by atoms with Crippen LogP contribution in [-0.4, -0.2) is 12.6 Å². The number of ether oxygens (including phenoxy) is 1. The summed E-state index contributed by atoms with van der Waals surface area (Å²) in [6, 6.07) is 11.4. The third-order valence-electron chi connectivity index (χ3n) is 3.41. The number of benzene rings is 2. The van der Waals surface area contributed by atoms with Crippen molar-refractivity contribution in [2.24, 2.45) is 5.73 Å². The van der Waals surface area contributed by atoms with Gasteiger partial charge in [-0.25, -0.2) is 8.78 Å². The molecule has 112 valence electrons. The Labute approximate surface area is 123 Å². The summed E-state index contributed by atoms with van der Waals surface area (Å²) < 4.78 is 32.8. The molecule has 0 amide bonds. The van der Waals surface area contributed by atoms with Gasteiger partial charge in [0.15, 0.2) is 11.6 Å². The van der Waals surface area contributed by atoms with Gasteiger partial charge in [-0.15, -0.1) is 0 Å². The van der Waals surface area contributed by atoms with Crippen molar-refractivity contribution >= 4 is 0 Å². The number of methoxy groups -OCH3 is 1.